The van der Waals surface area contributed by atoms with Crippen molar-refractivity contribution in [3.05, 3.63) is 35.9 Å². The van der Waals surface area contributed by atoms with Crippen LogP contribution >= 0.6 is 0 Å². The number of amides is 1. The molecule has 3 N–H and O–H groups in total. The third-order valence-electron chi connectivity index (χ3n) is 3.45. The van der Waals surface area contributed by atoms with Crippen molar-refractivity contribution in [3.8, 4) is 0 Å². The van der Waals surface area contributed by atoms with Crippen LogP contribution in [0.4, 0.5) is 0 Å². The van der Waals surface area contributed by atoms with Gasteiger partial charge in [-0.1, -0.05) is 30.3 Å². The van der Waals surface area contributed by atoms with Crippen molar-refractivity contribution in [1.82, 2.24) is 4.90 Å². The average molecular weight is 278 g/mol. The van der Waals surface area contributed by atoms with Crippen LogP contribution in [-0.4, -0.2) is 41.5 Å². The van der Waals surface area contributed by atoms with E-state index in [1.165, 1.54) is 4.90 Å². The molecule has 0 radical (unpaired) electrons. The Morgan fingerprint density at radius 1 is 1.30 bits per heavy atom. The molecule has 1 amide bonds. The molecule has 1 rings (SSSR count). The summed E-state index contributed by atoms with van der Waals surface area (Å²) in [5.74, 6) is -1.70. The molecule has 1 aromatic rings. The second-order valence-corrected chi connectivity index (χ2v) is 5.02. The monoisotopic (exact) mass is 278 g/mol. The quantitative estimate of drug-likeness (QED) is 0.783. The summed E-state index contributed by atoms with van der Waals surface area (Å²) in [6.45, 7) is 2.20. The van der Waals surface area contributed by atoms with Crippen molar-refractivity contribution < 1.29 is 14.7 Å². The number of nitrogens with zero attached hydrogens (tertiary/aromatic N) is 1. The van der Waals surface area contributed by atoms with Gasteiger partial charge in [-0.15, -0.1) is 0 Å². The Bertz CT molecular complexity index is 448. The van der Waals surface area contributed by atoms with Gasteiger partial charge in [-0.25, -0.2) is 0 Å². The smallest absolute Gasteiger partial charge is 0.304 e. The normalized spacial score (nSPS) is 13.6. The van der Waals surface area contributed by atoms with E-state index in [9.17, 15) is 9.59 Å². The number of hydrogen-bond donors (Lipinski definition) is 2. The van der Waals surface area contributed by atoms with Crippen molar-refractivity contribution >= 4 is 11.9 Å². The van der Waals surface area contributed by atoms with Gasteiger partial charge in [0.05, 0.1) is 12.3 Å². The van der Waals surface area contributed by atoms with Crippen molar-refractivity contribution in [2.75, 3.05) is 13.6 Å². The molecule has 20 heavy (non-hydrogen) atoms. The van der Waals surface area contributed by atoms with Gasteiger partial charge in [0.15, 0.2) is 0 Å². The number of likely N-dealkylation sites (N-methyl/N-ethyl adjacent to an activating group) is 1. The van der Waals surface area contributed by atoms with E-state index < -0.39 is 11.9 Å². The van der Waals surface area contributed by atoms with E-state index >= 15 is 0 Å². The molecule has 5 nitrogen and oxygen atoms in total. The number of carbonyl (C=O) groups is 2. The molecule has 110 valence electrons. The molecule has 0 heterocycles. The summed E-state index contributed by atoms with van der Waals surface area (Å²) >= 11 is 0. The summed E-state index contributed by atoms with van der Waals surface area (Å²) in [4.78, 5) is 24.9. The van der Waals surface area contributed by atoms with E-state index in [1.54, 1.807) is 7.05 Å². The molecular weight excluding hydrogens is 256 g/mol. The van der Waals surface area contributed by atoms with Crippen molar-refractivity contribution in [1.29, 1.82) is 0 Å². The molecule has 2 unspecified atom stereocenters. The van der Waals surface area contributed by atoms with E-state index in [4.69, 9.17) is 10.8 Å². The Kier molecular flexibility index (Phi) is 6.18. The molecule has 0 aromatic heterocycles. The van der Waals surface area contributed by atoms with Gasteiger partial charge in [-0.05, 0) is 18.9 Å². The molecule has 2 atom stereocenters. The van der Waals surface area contributed by atoms with E-state index in [-0.39, 0.29) is 18.4 Å². The minimum atomic E-state index is -0.965. The van der Waals surface area contributed by atoms with E-state index in [2.05, 4.69) is 0 Å². The Hall–Kier alpha value is -1.88. The lowest BCUT2D eigenvalue weighted by atomic mass is 9.94. The summed E-state index contributed by atoms with van der Waals surface area (Å²) in [5, 5.41) is 8.99. The maximum absolute atomic E-state index is 12.4. The zero-order valence-corrected chi connectivity index (χ0v) is 12.0. The first kappa shape index (κ1) is 16.2. The standard InChI is InChI=1S/C15H22N2O3/c1-11(10-16)17(2)15(20)13(9-14(18)19)8-12-6-4-3-5-7-12/h3-7,11,13H,8-10,16H2,1-2H3,(H,18,19). The number of nitrogens with two attached hydrogens (primary N) is 1. The zero-order valence-electron chi connectivity index (χ0n) is 12.0. The topological polar surface area (TPSA) is 83.6 Å². The molecule has 1 aromatic carbocycles. The second kappa shape index (κ2) is 7.65. The molecule has 0 saturated heterocycles. The summed E-state index contributed by atoms with van der Waals surface area (Å²) in [7, 11) is 1.67. The van der Waals surface area contributed by atoms with E-state index in [1.807, 2.05) is 37.3 Å². The Morgan fingerprint density at radius 3 is 2.40 bits per heavy atom. The van der Waals surface area contributed by atoms with Crippen LogP contribution in [0.15, 0.2) is 30.3 Å². The maximum atomic E-state index is 12.4. The first-order valence-corrected chi connectivity index (χ1v) is 6.68. The summed E-state index contributed by atoms with van der Waals surface area (Å²) < 4.78 is 0. The number of rotatable bonds is 7. The molecule has 0 fully saturated rings. The van der Waals surface area contributed by atoms with Crippen LogP contribution in [0.5, 0.6) is 0 Å². The van der Waals surface area contributed by atoms with Crippen molar-refractivity contribution in [2.24, 2.45) is 11.7 Å². The minimum Gasteiger partial charge on any atom is -0.481 e. The molecule has 0 aliphatic rings. The van der Waals surface area contributed by atoms with Crippen LogP contribution in [-0.2, 0) is 16.0 Å². The highest BCUT2D eigenvalue weighted by atomic mass is 16.4. The lowest BCUT2D eigenvalue weighted by molar-refractivity contribution is -0.144. The highest BCUT2D eigenvalue weighted by Gasteiger charge is 2.26. The van der Waals surface area contributed by atoms with Gasteiger partial charge in [0, 0.05) is 19.6 Å². The summed E-state index contributed by atoms with van der Waals surface area (Å²) in [5.41, 5.74) is 6.51. The van der Waals surface area contributed by atoms with Crippen LogP contribution in [0.2, 0.25) is 0 Å². The molecule has 0 aliphatic carbocycles. The first-order valence-electron chi connectivity index (χ1n) is 6.68. The van der Waals surface area contributed by atoms with E-state index in [0.717, 1.165) is 5.56 Å². The fraction of sp³-hybridized carbons (Fsp3) is 0.467. The van der Waals surface area contributed by atoms with Gasteiger partial charge >= 0.3 is 5.97 Å². The number of benzene rings is 1. The lowest BCUT2D eigenvalue weighted by Crippen LogP contribution is -2.43. The predicted octanol–water partition coefficient (Wildman–Crippen LogP) is 1.13. The molecule has 5 heteroatoms. The number of carbonyl (C=O) groups excluding carboxylic acids is 1. The molecule has 0 bridgehead atoms. The predicted molar refractivity (Wildman–Crippen MR) is 77.2 cm³/mol. The number of carboxylic acids is 1. The van der Waals surface area contributed by atoms with Gasteiger partial charge in [-0.3, -0.25) is 9.59 Å². The van der Waals surface area contributed by atoms with Gasteiger partial charge in [-0.2, -0.15) is 0 Å². The number of aliphatic carboxylic acids is 1. The van der Waals surface area contributed by atoms with Crippen molar-refractivity contribution in [3.63, 3.8) is 0 Å². The van der Waals surface area contributed by atoms with Gasteiger partial charge < -0.3 is 15.7 Å². The van der Waals surface area contributed by atoms with Gasteiger partial charge in [0.2, 0.25) is 5.91 Å². The Labute approximate surface area is 119 Å². The highest BCUT2D eigenvalue weighted by molar-refractivity contribution is 5.83. The molecule has 0 spiro atoms. The number of hydrogen-bond acceptors (Lipinski definition) is 3. The molecule has 0 saturated carbocycles. The maximum Gasteiger partial charge on any atom is 0.304 e. The van der Waals surface area contributed by atoms with E-state index in [0.29, 0.717) is 13.0 Å². The first-order chi connectivity index (χ1) is 9.45. The fourth-order valence-electron chi connectivity index (χ4n) is 2.02. The molecule has 0 aliphatic heterocycles. The average Bonchev–Trinajstić information content (AvgIpc) is 2.44. The Morgan fingerprint density at radius 2 is 1.90 bits per heavy atom. The summed E-state index contributed by atoms with van der Waals surface area (Å²) in [6.07, 6.45) is 0.253. The lowest BCUT2D eigenvalue weighted by Gasteiger charge is -2.27. The highest BCUT2D eigenvalue weighted by Crippen LogP contribution is 2.16. The third kappa shape index (κ3) is 4.66. The van der Waals surface area contributed by atoms with Crippen molar-refractivity contribution in [2.45, 2.75) is 25.8 Å². The van der Waals surface area contributed by atoms with Crippen LogP contribution < -0.4 is 5.73 Å². The van der Waals surface area contributed by atoms with Crippen LogP contribution in [0.1, 0.15) is 18.9 Å². The molecular formula is C15H22N2O3. The second-order valence-electron chi connectivity index (χ2n) is 5.02. The number of carboxylic acid groups (broad SMARTS) is 1. The zero-order chi connectivity index (χ0) is 15.1. The SMILES string of the molecule is CC(CN)N(C)C(=O)C(CC(=O)O)Cc1ccccc1. The van der Waals surface area contributed by atoms with Crippen LogP contribution in [0.3, 0.4) is 0 Å². The largest absolute Gasteiger partial charge is 0.481 e. The third-order valence-corrected chi connectivity index (χ3v) is 3.45. The van der Waals surface area contributed by atoms with Crippen LogP contribution in [0.25, 0.3) is 0 Å². The minimum absolute atomic E-state index is 0.102. The van der Waals surface area contributed by atoms with Gasteiger partial charge in [0.1, 0.15) is 0 Å². The van der Waals surface area contributed by atoms with Gasteiger partial charge in [0.25, 0.3) is 0 Å². The Balaban J connectivity index is 2.83. The fourth-order valence-corrected chi connectivity index (χ4v) is 2.02. The summed E-state index contributed by atoms with van der Waals surface area (Å²) in [6, 6.07) is 9.34. The van der Waals surface area contributed by atoms with Crippen LogP contribution in [0, 0.1) is 5.92 Å².